The number of carbonyl (C=O) groups is 1. The van der Waals surface area contributed by atoms with Crippen LogP contribution in [0.15, 0.2) is 24.3 Å². The van der Waals surface area contributed by atoms with Gasteiger partial charge in [0.1, 0.15) is 0 Å². The molecule has 0 saturated heterocycles. The number of benzene rings is 1. The molecule has 0 amide bonds. The highest BCUT2D eigenvalue weighted by molar-refractivity contribution is 7.88. The Morgan fingerprint density at radius 1 is 1.21 bits per heavy atom. The van der Waals surface area contributed by atoms with Crippen molar-refractivity contribution in [3.63, 3.8) is 0 Å². The summed E-state index contributed by atoms with van der Waals surface area (Å²) in [5, 5.41) is 8.78. The molecule has 1 rings (SSSR count). The van der Waals surface area contributed by atoms with Gasteiger partial charge in [-0.05, 0) is 24.1 Å². The van der Waals surface area contributed by atoms with Gasteiger partial charge >= 0.3 is 5.97 Å². The molecule has 1 aromatic carbocycles. The van der Waals surface area contributed by atoms with Crippen LogP contribution in [0.25, 0.3) is 0 Å². The van der Waals surface area contributed by atoms with E-state index in [1.54, 1.807) is 19.1 Å². The van der Waals surface area contributed by atoms with Crippen molar-refractivity contribution in [3.8, 4) is 0 Å². The molecule has 0 saturated carbocycles. The summed E-state index contributed by atoms with van der Waals surface area (Å²) >= 11 is 0. The lowest BCUT2D eigenvalue weighted by Crippen LogP contribution is -2.32. The summed E-state index contributed by atoms with van der Waals surface area (Å²) in [6, 6.07) is 5.92. The Kier molecular flexibility index (Phi) is 5.50. The molecule has 1 aromatic rings. The predicted molar refractivity (Wildman–Crippen MR) is 73.6 cm³/mol. The topological polar surface area (TPSA) is 74.7 Å². The van der Waals surface area contributed by atoms with E-state index in [0.29, 0.717) is 18.7 Å². The first-order chi connectivity index (χ1) is 8.90. The van der Waals surface area contributed by atoms with E-state index >= 15 is 0 Å². The quantitative estimate of drug-likeness (QED) is 0.831. The van der Waals surface area contributed by atoms with E-state index in [0.717, 1.165) is 6.42 Å². The molecule has 0 unspecified atom stereocenters. The molecule has 0 aromatic heterocycles. The normalized spacial score (nSPS) is 11.7. The fraction of sp³-hybridized carbons (Fsp3) is 0.462. The largest absolute Gasteiger partial charge is 0.478 e. The van der Waals surface area contributed by atoms with Crippen LogP contribution in [0.4, 0.5) is 0 Å². The van der Waals surface area contributed by atoms with Crippen molar-refractivity contribution < 1.29 is 18.3 Å². The van der Waals surface area contributed by atoms with Crippen LogP contribution < -0.4 is 0 Å². The molecule has 0 radical (unpaired) electrons. The Hall–Kier alpha value is -1.40. The number of nitrogens with zero attached hydrogens (tertiary/aromatic N) is 1. The lowest BCUT2D eigenvalue weighted by Gasteiger charge is -2.19. The van der Waals surface area contributed by atoms with Gasteiger partial charge < -0.3 is 5.11 Å². The average molecular weight is 285 g/mol. The van der Waals surface area contributed by atoms with Crippen molar-refractivity contribution in [3.05, 3.63) is 35.4 Å². The van der Waals surface area contributed by atoms with Gasteiger partial charge in [-0.25, -0.2) is 17.5 Å². The van der Waals surface area contributed by atoms with Gasteiger partial charge in [0.2, 0.25) is 10.0 Å². The number of carboxylic acids is 1. The van der Waals surface area contributed by atoms with Crippen LogP contribution in [0.1, 0.15) is 36.2 Å². The highest BCUT2D eigenvalue weighted by atomic mass is 32.2. The summed E-state index contributed by atoms with van der Waals surface area (Å²) in [5.41, 5.74) is 0.751. The molecule has 0 aliphatic heterocycles. The molecule has 19 heavy (non-hydrogen) atoms. The minimum absolute atomic E-state index is 0.0965. The highest BCUT2D eigenvalue weighted by Crippen LogP contribution is 2.12. The second kappa shape index (κ2) is 6.68. The second-order valence-electron chi connectivity index (χ2n) is 4.25. The van der Waals surface area contributed by atoms with E-state index in [9.17, 15) is 13.2 Å². The van der Waals surface area contributed by atoms with Crippen molar-refractivity contribution in [2.75, 3.05) is 13.1 Å². The van der Waals surface area contributed by atoms with Crippen LogP contribution in [0.5, 0.6) is 0 Å². The van der Waals surface area contributed by atoms with Crippen LogP contribution in [0, 0.1) is 0 Å². The standard InChI is InChI=1S/C13H19NO4S/c1-3-9-14(4-2)19(17,18)10-11-5-7-12(8-6-11)13(15)16/h5-8H,3-4,9-10H2,1-2H3,(H,15,16). The molecule has 0 aliphatic rings. The van der Waals surface area contributed by atoms with Gasteiger partial charge in [-0.15, -0.1) is 0 Å². The molecule has 0 spiro atoms. The zero-order valence-electron chi connectivity index (χ0n) is 11.2. The molecular weight excluding hydrogens is 266 g/mol. The van der Waals surface area contributed by atoms with Crippen LogP contribution >= 0.6 is 0 Å². The number of sulfonamides is 1. The Labute approximate surface area is 113 Å². The van der Waals surface area contributed by atoms with E-state index in [1.165, 1.54) is 16.4 Å². The maximum Gasteiger partial charge on any atom is 0.335 e. The molecule has 106 valence electrons. The van der Waals surface area contributed by atoms with Gasteiger partial charge in [0.05, 0.1) is 11.3 Å². The molecular formula is C13H19NO4S. The Morgan fingerprint density at radius 3 is 2.21 bits per heavy atom. The summed E-state index contributed by atoms with van der Waals surface area (Å²) in [4.78, 5) is 10.7. The molecule has 6 heteroatoms. The van der Waals surface area contributed by atoms with E-state index < -0.39 is 16.0 Å². The summed E-state index contributed by atoms with van der Waals surface area (Å²) in [6.07, 6.45) is 0.769. The van der Waals surface area contributed by atoms with Gasteiger partial charge in [0.15, 0.2) is 0 Å². The minimum Gasteiger partial charge on any atom is -0.478 e. The van der Waals surface area contributed by atoms with E-state index in [2.05, 4.69) is 0 Å². The van der Waals surface area contributed by atoms with Gasteiger partial charge in [-0.1, -0.05) is 26.0 Å². The predicted octanol–water partition coefficient (Wildman–Crippen LogP) is 1.95. The van der Waals surface area contributed by atoms with Crippen molar-refractivity contribution in [2.45, 2.75) is 26.0 Å². The molecule has 0 bridgehead atoms. The summed E-state index contributed by atoms with van der Waals surface area (Å²) in [7, 11) is -3.33. The van der Waals surface area contributed by atoms with Gasteiger partial charge in [0.25, 0.3) is 0 Å². The SMILES string of the molecule is CCCN(CC)S(=O)(=O)Cc1ccc(C(=O)O)cc1. The summed E-state index contributed by atoms with van der Waals surface area (Å²) in [5.74, 6) is -1.11. The van der Waals surface area contributed by atoms with Crippen molar-refractivity contribution in [1.82, 2.24) is 4.31 Å². The first-order valence-electron chi connectivity index (χ1n) is 6.20. The van der Waals surface area contributed by atoms with Crippen LogP contribution in [0.3, 0.4) is 0 Å². The lowest BCUT2D eigenvalue weighted by molar-refractivity contribution is 0.0697. The Morgan fingerprint density at radius 2 is 1.79 bits per heavy atom. The third kappa shape index (κ3) is 4.33. The number of aromatic carboxylic acids is 1. The second-order valence-corrected chi connectivity index (χ2v) is 6.22. The number of hydrogen-bond acceptors (Lipinski definition) is 3. The van der Waals surface area contributed by atoms with E-state index in [-0.39, 0.29) is 11.3 Å². The van der Waals surface area contributed by atoms with Crippen molar-refractivity contribution in [2.24, 2.45) is 0 Å². The fourth-order valence-corrected chi connectivity index (χ4v) is 3.44. The molecule has 5 nitrogen and oxygen atoms in total. The third-order valence-corrected chi connectivity index (χ3v) is 4.69. The number of hydrogen-bond donors (Lipinski definition) is 1. The zero-order valence-corrected chi connectivity index (χ0v) is 12.0. The first kappa shape index (κ1) is 15.7. The molecule has 1 N–H and O–H groups in total. The summed E-state index contributed by atoms with van der Waals surface area (Å²) < 4.78 is 25.7. The van der Waals surface area contributed by atoms with Crippen LogP contribution in [-0.4, -0.2) is 36.9 Å². The third-order valence-electron chi connectivity index (χ3n) is 2.77. The molecule has 0 aliphatic carbocycles. The molecule has 0 heterocycles. The molecule has 0 atom stereocenters. The van der Waals surface area contributed by atoms with Crippen molar-refractivity contribution in [1.29, 1.82) is 0 Å². The highest BCUT2D eigenvalue weighted by Gasteiger charge is 2.20. The lowest BCUT2D eigenvalue weighted by atomic mass is 10.1. The van der Waals surface area contributed by atoms with E-state index in [4.69, 9.17) is 5.11 Å². The smallest absolute Gasteiger partial charge is 0.335 e. The average Bonchev–Trinajstić information content (AvgIpc) is 2.35. The van der Waals surface area contributed by atoms with Crippen molar-refractivity contribution >= 4 is 16.0 Å². The maximum atomic E-state index is 12.1. The van der Waals surface area contributed by atoms with Crippen LogP contribution in [-0.2, 0) is 15.8 Å². The Bertz CT molecular complexity index is 522. The van der Waals surface area contributed by atoms with Crippen LogP contribution in [0.2, 0.25) is 0 Å². The summed E-state index contributed by atoms with van der Waals surface area (Å²) in [6.45, 7) is 4.69. The minimum atomic E-state index is -3.33. The first-order valence-corrected chi connectivity index (χ1v) is 7.81. The number of carboxylic acid groups (broad SMARTS) is 1. The zero-order chi connectivity index (χ0) is 14.5. The van der Waals surface area contributed by atoms with Gasteiger partial charge in [-0.3, -0.25) is 0 Å². The Balaban J connectivity index is 2.85. The fourth-order valence-electron chi connectivity index (χ4n) is 1.79. The van der Waals surface area contributed by atoms with Gasteiger partial charge in [-0.2, -0.15) is 0 Å². The number of rotatable bonds is 7. The maximum absolute atomic E-state index is 12.1. The van der Waals surface area contributed by atoms with E-state index in [1.807, 2.05) is 6.92 Å². The van der Waals surface area contributed by atoms with Gasteiger partial charge in [0, 0.05) is 13.1 Å². The monoisotopic (exact) mass is 285 g/mol. The molecule has 0 fully saturated rings.